The number of nitrogen functional groups attached to an aromatic ring is 1. The number of anilines is 2. The lowest BCUT2D eigenvalue weighted by Gasteiger charge is -2.37. The van der Waals surface area contributed by atoms with E-state index in [1.165, 1.54) is 34.9 Å². The van der Waals surface area contributed by atoms with Gasteiger partial charge in [-0.3, -0.25) is 0 Å². The van der Waals surface area contributed by atoms with E-state index in [9.17, 15) is 0 Å². The fourth-order valence-electron chi connectivity index (χ4n) is 3.07. The predicted octanol–water partition coefficient (Wildman–Crippen LogP) is 4.02. The van der Waals surface area contributed by atoms with Crippen LogP contribution in [0.4, 0.5) is 10.8 Å². The van der Waals surface area contributed by atoms with Gasteiger partial charge in [-0.15, -0.1) is 0 Å². The molecule has 0 spiro atoms. The molecule has 2 heterocycles. The number of rotatable bonds is 2. The fourth-order valence-corrected chi connectivity index (χ4v) is 4.04. The second-order valence-corrected chi connectivity index (χ2v) is 6.54. The molecule has 1 aromatic heterocycles. The molecular formula is C16H21N3S. The highest BCUT2D eigenvalue weighted by molar-refractivity contribution is 7.11. The maximum Gasteiger partial charge on any atom is 0.147 e. The first kappa shape index (κ1) is 13.4. The van der Waals surface area contributed by atoms with Gasteiger partial charge in [0.1, 0.15) is 10.8 Å². The molecule has 2 atom stereocenters. The second kappa shape index (κ2) is 5.44. The van der Waals surface area contributed by atoms with E-state index in [1.807, 2.05) is 6.07 Å². The number of hydrogen-bond donors (Lipinski definition) is 1. The van der Waals surface area contributed by atoms with Gasteiger partial charge in [0.25, 0.3) is 0 Å². The molecule has 4 heteroatoms. The first-order chi connectivity index (χ1) is 9.66. The topological polar surface area (TPSA) is 42.2 Å². The van der Waals surface area contributed by atoms with Crippen LogP contribution in [-0.4, -0.2) is 17.0 Å². The summed E-state index contributed by atoms with van der Waals surface area (Å²) in [6, 6.07) is 10.9. The molecule has 0 radical (unpaired) electrons. The molecule has 0 amide bonds. The first-order valence-corrected chi connectivity index (χ1v) is 8.01. The fraction of sp³-hybridized carbons (Fsp3) is 0.438. The van der Waals surface area contributed by atoms with Gasteiger partial charge in [0.15, 0.2) is 0 Å². The number of hydrogen-bond acceptors (Lipinski definition) is 4. The molecule has 0 aliphatic carbocycles. The van der Waals surface area contributed by atoms with Gasteiger partial charge in [-0.05, 0) is 42.8 Å². The Morgan fingerprint density at radius 1 is 1.25 bits per heavy atom. The van der Waals surface area contributed by atoms with Gasteiger partial charge < -0.3 is 10.6 Å². The molecule has 2 unspecified atom stereocenters. The van der Waals surface area contributed by atoms with Crippen molar-refractivity contribution in [3.8, 4) is 11.1 Å². The van der Waals surface area contributed by atoms with Crippen LogP contribution in [0.15, 0.2) is 30.3 Å². The normalized spacial score (nSPS) is 23.0. The number of benzene rings is 1. The largest absolute Gasteiger partial charge is 0.382 e. The number of piperidine rings is 1. The van der Waals surface area contributed by atoms with Crippen LogP contribution in [0.2, 0.25) is 0 Å². The lowest BCUT2D eigenvalue weighted by atomic mass is 9.93. The Morgan fingerprint density at radius 2 is 2.00 bits per heavy atom. The highest BCUT2D eigenvalue weighted by Crippen LogP contribution is 2.41. The summed E-state index contributed by atoms with van der Waals surface area (Å²) in [6.07, 6.45) is 2.49. The van der Waals surface area contributed by atoms with Gasteiger partial charge >= 0.3 is 0 Å². The minimum atomic E-state index is 0.557. The third-order valence-electron chi connectivity index (χ3n) is 4.16. The van der Waals surface area contributed by atoms with Crippen molar-refractivity contribution in [1.29, 1.82) is 0 Å². The molecule has 1 fully saturated rings. The summed E-state index contributed by atoms with van der Waals surface area (Å²) >= 11 is 1.53. The molecule has 0 bridgehead atoms. The summed E-state index contributed by atoms with van der Waals surface area (Å²) in [5.74, 6) is 1.47. The van der Waals surface area contributed by atoms with Crippen molar-refractivity contribution in [2.75, 3.05) is 17.2 Å². The van der Waals surface area contributed by atoms with Crippen LogP contribution in [0.25, 0.3) is 11.1 Å². The van der Waals surface area contributed by atoms with E-state index in [2.05, 4.69) is 47.4 Å². The standard InChI is InChI=1S/C16H21N3S/c1-11-8-9-19(12(2)10-11)16-14(15(17)18-20-16)13-6-4-3-5-7-13/h3-7,11-12H,8-10H2,1-2H3,(H2,17,18). The maximum absolute atomic E-state index is 6.13. The number of nitrogens with two attached hydrogens (primary N) is 1. The lowest BCUT2D eigenvalue weighted by molar-refractivity contribution is 0.379. The molecular weight excluding hydrogens is 266 g/mol. The predicted molar refractivity (Wildman–Crippen MR) is 87.2 cm³/mol. The van der Waals surface area contributed by atoms with Crippen molar-refractivity contribution in [2.45, 2.75) is 32.7 Å². The molecule has 0 saturated carbocycles. The second-order valence-electron chi connectivity index (χ2n) is 5.79. The van der Waals surface area contributed by atoms with Crippen molar-refractivity contribution >= 4 is 22.4 Å². The van der Waals surface area contributed by atoms with Gasteiger partial charge in [0.2, 0.25) is 0 Å². The molecule has 1 aromatic carbocycles. The van der Waals surface area contributed by atoms with E-state index in [1.54, 1.807) is 0 Å². The highest BCUT2D eigenvalue weighted by atomic mass is 32.1. The van der Waals surface area contributed by atoms with E-state index in [-0.39, 0.29) is 0 Å². The smallest absolute Gasteiger partial charge is 0.147 e. The molecule has 1 aliphatic heterocycles. The zero-order valence-electron chi connectivity index (χ0n) is 12.0. The first-order valence-electron chi connectivity index (χ1n) is 7.24. The van der Waals surface area contributed by atoms with Crippen molar-refractivity contribution in [1.82, 2.24) is 4.37 Å². The number of nitrogens with zero attached hydrogens (tertiary/aromatic N) is 2. The van der Waals surface area contributed by atoms with Crippen molar-refractivity contribution in [2.24, 2.45) is 5.92 Å². The lowest BCUT2D eigenvalue weighted by Crippen LogP contribution is -2.40. The van der Waals surface area contributed by atoms with Gasteiger partial charge in [-0.25, -0.2) is 0 Å². The van der Waals surface area contributed by atoms with Crippen molar-refractivity contribution in [3.63, 3.8) is 0 Å². The zero-order chi connectivity index (χ0) is 14.1. The molecule has 2 aromatic rings. The SMILES string of the molecule is CC1CCN(c2snc(N)c2-c2ccccc2)C(C)C1. The van der Waals surface area contributed by atoms with Crippen LogP contribution < -0.4 is 10.6 Å². The molecule has 3 nitrogen and oxygen atoms in total. The summed E-state index contributed by atoms with van der Waals surface area (Å²) in [5.41, 5.74) is 8.40. The summed E-state index contributed by atoms with van der Waals surface area (Å²) in [7, 11) is 0. The van der Waals surface area contributed by atoms with Crippen LogP contribution in [0.3, 0.4) is 0 Å². The molecule has 106 valence electrons. The minimum Gasteiger partial charge on any atom is -0.382 e. The van der Waals surface area contributed by atoms with E-state index < -0.39 is 0 Å². The van der Waals surface area contributed by atoms with Gasteiger partial charge in [0, 0.05) is 12.6 Å². The summed E-state index contributed by atoms with van der Waals surface area (Å²) in [4.78, 5) is 2.48. The van der Waals surface area contributed by atoms with E-state index in [0.717, 1.165) is 18.0 Å². The van der Waals surface area contributed by atoms with Gasteiger partial charge in [-0.1, -0.05) is 37.3 Å². The third-order valence-corrected chi connectivity index (χ3v) is 5.06. The Hall–Kier alpha value is -1.55. The van der Waals surface area contributed by atoms with Crippen molar-refractivity contribution < 1.29 is 0 Å². The zero-order valence-corrected chi connectivity index (χ0v) is 12.9. The molecule has 20 heavy (non-hydrogen) atoms. The van der Waals surface area contributed by atoms with Crippen LogP contribution in [0.5, 0.6) is 0 Å². The van der Waals surface area contributed by atoms with Crippen LogP contribution >= 0.6 is 11.5 Å². The van der Waals surface area contributed by atoms with Crippen LogP contribution in [-0.2, 0) is 0 Å². The Balaban J connectivity index is 1.99. The minimum absolute atomic E-state index is 0.557. The van der Waals surface area contributed by atoms with Gasteiger partial charge in [-0.2, -0.15) is 4.37 Å². The summed E-state index contributed by atoms with van der Waals surface area (Å²) < 4.78 is 4.40. The van der Waals surface area contributed by atoms with Crippen LogP contribution in [0, 0.1) is 5.92 Å². The number of aromatic nitrogens is 1. The summed E-state index contributed by atoms with van der Waals surface area (Å²) in [6.45, 7) is 5.75. The molecule has 2 N–H and O–H groups in total. The van der Waals surface area contributed by atoms with E-state index in [0.29, 0.717) is 11.9 Å². The Morgan fingerprint density at radius 3 is 2.70 bits per heavy atom. The molecule has 1 saturated heterocycles. The maximum atomic E-state index is 6.13. The third kappa shape index (κ3) is 2.40. The van der Waals surface area contributed by atoms with Gasteiger partial charge in [0.05, 0.1) is 5.56 Å². The Labute approximate surface area is 124 Å². The van der Waals surface area contributed by atoms with E-state index >= 15 is 0 Å². The average molecular weight is 287 g/mol. The van der Waals surface area contributed by atoms with E-state index in [4.69, 9.17) is 5.73 Å². The average Bonchev–Trinajstić information content (AvgIpc) is 2.81. The van der Waals surface area contributed by atoms with Crippen LogP contribution in [0.1, 0.15) is 26.7 Å². The molecule has 3 rings (SSSR count). The Bertz CT molecular complexity index is 579. The highest BCUT2D eigenvalue weighted by Gasteiger charge is 2.27. The Kier molecular flexibility index (Phi) is 3.66. The molecule has 1 aliphatic rings. The summed E-state index contributed by atoms with van der Waals surface area (Å²) in [5, 5.41) is 1.23. The monoisotopic (exact) mass is 287 g/mol. The quantitative estimate of drug-likeness (QED) is 0.907. The van der Waals surface area contributed by atoms with Crippen molar-refractivity contribution in [3.05, 3.63) is 30.3 Å².